The Hall–Kier alpha value is -1.06. The third-order valence-corrected chi connectivity index (χ3v) is 6.22. The zero-order valence-electron chi connectivity index (χ0n) is 13.6. The van der Waals surface area contributed by atoms with E-state index < -0.39 is 16.8 Å². The van der Waals surface area contributed by atoms with Gasteiger partial charge in [-0.15, -0.1) is 0 Å². The number of carbonyl (C=O) groups excluding carboxylic acids is 1. The Kier molecular flexibility index (Phi) is 4.64. The van der Waals surface area contributed by atoms with Gasteiger partial charge in [0.2, 0.25) is 5.91 Å². The first-order chi connectivity index (χ1) is 9.79. The molecule has 21 heavy (non-hydrogen) atoms. The second-order valence-corrected chi connectivity index (χ2v) is 7.65. The predicted molar refractivity (Wildman–Crippen MR) is 81.9 cm³/mol. The van der Waals surface area contributed by atoms with Gasteiger partial charge >= 0.3 is 5.97 Å². The van der Waals surface area contributed by atoms with Crippen LogP contribution in [-0.4, -0.2) is 23.0 Å². The molecule has 2 aliphatic rings. The van der Waals surface area contributed by atoms with Crippen molar-refractivity contribution in [2.45, 2.75) is 78.2 Å². The molecular weight excluding hydrogens is 266 g/mol. The normalized spacial score (nSPS) is 33.4. The van der Waals surface area contributed by atoms with Crippen LogP contribution in [0.1, 0.15) is 72.1 Å². The molecule has 0 radical (unpaired) electrons. The minimum atomic E-state index is -0.807. The van der Waals surface area contributed by atoms with Gasteiger partial charge in [0.05, 0.1) is 5.41 Å². The maximum atomic E-state index is 12.6. The predicted octanol–water partition coefficient (Wildman–Crippen LogP) is 3.35. The van der Waals surface area contributed by atoms with Crippen molar-refractivity contribution >= 4 is 11.9 Å². The number of aliphatic carboxylic acids is 1. The van der Waals surface area contributed by atoms with Gasteiger partial charge in [0.15, 0.2) is 0 Å². The van der Waals surface area contributed by atoms with Gasteiger partial charge in [0.1, 0.15) is 0 Å². The average Bonchev–Trinajstić information content (AvgIpc) is 2.59. The van der Waals surface area contributed by atoms with E-state index in [2.05, 4.69) is 5.32 Å². The summed E-state index contributed by atoms with van der Waals surface area (Å²) in [5.74, 6) is -0.906. The monoisotopic (exact) mass is 295 g/mol. The summed E-state index contributed by atoms with van der Waals surface area (Å²) in [6.07, 6.45) is 8.28. The molecule has 0 spiro atoms. The molecule has 2 N–H and O–H groups in total. The molecule has 0 saturated heterocycles. The van der Waals surface area contributed by atoms with Gasteiger partial charge in [-0.1, -0.05) is 39.5 Å². The fraction of sp³-hybridized carbons (Fsp3) is 0.882. The first-order valence-electron chi connectivity index (χ1n) is 8.33. The maximum absolute atomic E-state index is 12.6. The van der Waals surface area contributed by atoms with Crippen molar-refractivity contribution in [2.75, 3.05) is 0 Å². The molecule has 4 nitrogen and oxygen atoms in total. The minimum absolute atomic E-state index is 0.0666. The van der Waals surface area contributed by atoms with Crippen LogP contribution < -0.4 is 5.32 Å². The molecule has 0 heterocycles. The Morgan fingerprint density at radius 3 is 2.05 bits per heavy atom. The molecule has 2 fully saturated rings. The van der Waals surface area contributed by atoms with E-state index in [-0.39, 0.29) is 17.9 Å². The summed E-state index contributed by atoms with van der Waals surface area (Å²) >= 11 is 0. The largest absolute Gasteiger partial charge is 0.481 e. The molecular formula is C17H29NO3. The lowest BCUT2D eigenvalue weighted by Crippen LogP contribution is -2.47. The van der Waals surface area contributed by atoms with Crippen LogP contribution in [0.25, 0.3) is 0 Å². The van der Waals surface area contributed by atoms with E-state index in [0.717, 1.165) is 12.8 Å². The highest BCUT2D eigenvalue weighted by Crippen LogP contribution is 2.56. The van der Waals surface area contributed by atoms with Crippen molar-refractivity contribution in [1.29, 1.82) is 0 Å². The second kappa shape index (κ2) is 5.98. The molecule has 0 aromatic carbocycles. The summed E-state index contributed by atoms with van der Waals surface area (Å²) in [5, 5.41) is 12.7. The first-order valence-corrected chi connectivity index (χ1v) is 8.33. The Bertz CT molecular complexity index is 410. The van der Waals surface area contributed by atoms with Crippen LogP contribution in [0.2, 0.25) is 0 Å². The molecule has 2 saturated carbocycles. The standard InChI is InChI=1S/C17H29NO3/c1-16(2)13(10-11-17(16,3)15(20)21)14(19)18-12-8-6-4-5-7-9-12/h12-13H,4-11H2,1-3H3,(H,18,19)(H,20,21)/t13-,17+/m0/s1. The average molecular weight is 295 g/mol. The van der Waals surface area contributed by atoms with Crippen LogP contribution in [-0.2, 0) is 9.59 Å². The molecule has 4 heteroatoms. The lowest BCUT2D eigenvalue weighted by Gasteiger charge is -2.38. The smallest absolute Gasteiger partial charge is 0.309 e. The number of carbonyl (C=O) groups is 2. The summed E-state index contributed by atoms with van der Waals surface area (Å²) in [6, 6.07) is 0.285. The Morgan fingerprint density at radius 1 is 1.00 bits per heavy atom. The third-order valence-electron chi connectivity index (χ3n) is 6.22. The zero-order valence-corrected chi connectivity index (χ0v) is 13.6. The van der Waals surface area contributed by atoms with Crippen molar-refractivity contribution < 1.29 is 14.7 Å². The lowest BCUT2D eigenvalue weighted by atomic mass is 9.65. The van der Waals surface area contributed by atoms with E-state index in [9.17, 15) is 14.7 Å². The highest BCUT2D eigenvalue weighted by Gasteiger charge is 2.58. The number of amides is 1. The molecule has 2 atom stereocenters. The molecule has 0 aromatic heterocycles. The molecule has 0 aromatic rings. The highest BCUT2D eigenvalue weighted by atomic mass is 16.4. The van der Waals surface area contributed by atoms with Crippen LogP contribution in [0.3, 0.4) is 0 Å². The molecule has 0 unspecified atom stereocenters. The van der Waals surface area contributed by atoms with Crippen molar-refractivity contribution in [2.24, 2.45) is 16.7 Å². The van der Waals surface area contributed by atoms with Gasteiger partial charge in [-0.2, -0.15) is 0 Å². The Morgan fingerprint density at radius 2 is 1.57 bits per heavy atom. The fourth-order valence-corrected chi connectivity index (χ4v) is 4.07. The molecule has 120 valence electrons. The number of rotatable bonds is 3. The van der Waals surface area contributed by atoms with E-state index >= 15 is 0 Å². The van der Waals surface area contributed by atoms with Gasteiger partial charge in [0, 0.05) is 12.0 Å². The number of nitrogens with one attached hydrogen (secondary N) is 1. The van der Waals surface area contributed by atoms with Crippen molar-refractivity contribution in [3.05, 3.63) is 0 Å². The number of carboxylic acids is 1. The van der Waals surface area contributed by atoms with Crippen LogP contribution >= 0.6 is 0 Å². The summed E-state index contributed by atoms with van der Waals surface area (Å²) in [6.45, 7) is 5.66. The van der Waals surface area contributed by atoms with Gasteiger partial charge in [0.25, 0.3) is 0 Å². The maximum Gasteiger partial charge on any atom is 0.309 e. The van der Waals surface area contributed by atoms with E-state index in [0.29, 0.717) is 12.8 Å². The molecule has 0 bridgehead atoms. The van der Waals surface area contributed by atoms with E-state index in [1.165, 1.54) is 25.7 Å². The summed E-state index contributed by atoms with van der Waals surface area (Å²) in [7, 11) is 0. The van der Waals surface area contributed by atoms with Gasteiger partial charge in [-0.3, -0.25) is 9.59 Å². The van der Waals surface area contributed by atoms with E-state index in [1.54, 1.807) is 6.92 Å². The summed E-state index contributed by atoms with van der Waals surface area (Å²) in [4.78, 5) is 24.3. The second-order valence-electron chi connectivity index (χ2n) is 7.65. The van der Waals surface area contributed by atoms with E-state index in [1.807, 2.05) is 13.8 Å². The number of carboxylic acid groups (broad SMARTS) is 1. The third kappa shape index (κ3) is 2.95. The zero-order chi connectivity index (χ0) is 15.7. The topological polar surface area (TPSA) is 66.4 Å². The van der Waals surface area contributed by atoms with E-state index in [4.69, 9.17) is 0 Å². The molecule has 0 aliphatic heterocycles. The molecule has 2 aliphatic carbocycles. The highest BCUT2D eigenvalue weighted by molar-refractivity contribution is 5.84. The minimum Gasteiger partial charge on any atom is -0.481 e. The van der Waals surface area contributed by atoms with Crippen LogP contribution in [0.5, 0.6) is 0 Å². The van der Waals surface area contributed by atoms with Gasteiger partial charge in [-0.05, 0) is 38.0 Å². The van der Waals surface area contributed by atoms with Crippen LogP contribution in [0, 0.1) is 16.7 Å². The van der Waals surface area contributed by atoms with Crippen LogP contribution in [0.4, 0.5) is 0 Å². The van der Waals surface area contributed by atoms with Gasteiger partial charge in [-0.25, -0.2) is 0 Å². The fourth-order valence-electron chi connectivity index (χ4n) is 4.07. The van der Waals surface area contributed by atoms with Crippen LogP contribution in [0.15, 0.2) is 0 Å². The van der Waals surface area contributed by atoms with Crippen molar-refractivity contribution in [1.82, 2.24) is 5.32 Å². The quantitative estimate of drug-likeness (QED) is 0.785. The Balaban J connectivity index is 2.04. The van der Waals surface area contributed by atoms with Gasteiger partial charge < -0.3 is 10.4 Å². The summed E-state index contributed by atoms with van der Waals surface area (Å²) < 4.78 is 0. The molecule has 2 rings (SSSR count). The number of hydrogen-bond donors (Lipinski definition) is 2. The van der Waals surface area contributed by atoms with Crippen molar-refractivity contribution in [3.63, 3.8) is 0 Å². The molecule has 1 amide bonds. The number of hydrogen-bond acceptors (Lipinski definition) is 2. The Labute approximate surface area is 127 Å². The first kappa shape index (κ1) is 16.3. The lowest BCUT2D eigenvalue weighted by molar-refractivity contribution is -0.155. The van der Waals surface area contributed by atoms with Crippen molar-refractivity contribution in [3.8, 4) is 0 Å². The summed E-state index contributed by atoms with van der Waals surface area (Å²) in [5.41, 5.74) is -1.31. The SMILES string of the molecule is CC1(C)[C@H](C(=O)NC2CCCCCC2)CC[C@]1(C)C(=O)O.